The van der Waals surface area contributed by atoms with E-state index in [2.05, 4.69) is 10.1 Å². The molecule has 0 bridgehead atoms. The van der Waals surface area contributed by atoms with Gasteiger partial charge in [0.05, 0.1) is 12.1 Å². The maximum absolute atomic E-state index is 14.5. The lowest BCUT2D eigenvalue weighted by atomic mass is 9.87. The largest absolute Gasteiger partial charge is 0.477 e. The third-order valence-electron chi connectivity index (χ3n) is 4.58. The Morgan fingerprint density at radius 2 is 1.83 bits per heavy atom. The third-order valence-corrected chi connectivity index (χ3v) is 4.58. The number of nitrogens with one attached hydrogen (secondary N) is 2. The molecule has 1 aromatic rings. The zero-order chi connectivity index (χ0) is 22.6. The Morgan fingerprint density at radius 1 is 1.23 bits per heavy atom. The molecule has 2 amide bonds. The molecule has 7 atom stereocenters. The van der Waals surface area contributed by atoms with Crippen molar-refractivity contribution in [2.24, 2.45) is 0 Å². The fourth-order valence-electron chi connectivity index (χ4n) is 3.01. The number of hydrogen-bond acceptors (Lipinski definition) is 7. The van der Waals surface area contributed by atoms with Gasteiger partial charge < -0.3 is 35.8 Å². The molecule has 0 spiro atoms. The zero-order valence-electron chi connectivity index (χ0n) is 15.7. The van der Waals surface area contributed by atoms with Crippen LogP contribution >= 0.6 is 0 Å². The van der Waals surface area contributed by atoms with E-state index >= 15 is 0 Å². The number of carboxylic acid groups (broad SMARTS) is 1. The Bertz CT molecular complexity index is 783. The first-order chi connectivity index (χ1) is 14.0. The molecule has 1 heterocycles. The molecule has 1 aliphatic heterocycles. The van der Waals surface area contributed by atoms with E-state index in [4.69, 9.17) is 5.11 Å². The van der Waals surface area contributed by atoms with E-state index in [1.807, 2.05) is 5.32 Å². The summed E-state index contributed by atoms with van der Waals surface area (Å²) in [6.45, 7) is 0.400. The SMILES string of the molecule is CC(=O)N[C@@H]1[C@@H](O)[C@@H](F)[C@@](F)(C(=O)O)O[C@H]1[C@H](O)[C@H](O)CNC(=O)c1ccccc1. The van der Waals surface area contributed by atoms with Gasteiger partial charge in [-0.25, -0.2) is 9.18 Å². The van der Waals surface area contributed by atoms with E-state index < -0.39 is 66.8 Å². The van der Waals surface area contributed by atoms with Crippen LogP contribution in [0, 0.1) is 0 Å². The summed E-state index contributed by atoms with van der Waals surface area (Å²) in [5.41, 5.74) is 0.244. The molecule has 1 aromatic carbocycles. The summed E-state index contributed by atoms with van der Waals surface area (Å²) in [5.74, 6) is -7.87. The van der Waals surface area contributed by atoms with Gasteiger partial charge in [-0.3, -0.25) is 9.59 Å². The van der Waals surface area contributed by atoms with E-state index in [-0.39, 0.29) is 5.56 Å². The first-order valence-corrected chi connectivity index (χ1v) is 8.87. The summed E-state index contributed by atoms with van der Waals surface area (Å²) in [6, 6.07) is 6.04. The number of aliphatic carboxylic acids is 1. The van der Waals surface area contributed by atoms with Crippen molar-refractivity contribution in [2.45, 2.75) is 49.4 Å². The summed E-state index contributed by atoms with van der Waals surface area (Å²) in [6.07, 6.45) is -11.5. The van der Waals surface area contributed by atoms with Crippen LogP contribution in [0.2, 0.25) is 0 Å². The summed E-state index contributed by atoms with van der Waals surface area (Å²) in [7, 11) is 0. The van der Waals surface area contributed by atoms with Gasteiger partial charge in [0.15, 0.2) is 6.17 Å². The maximum Gasteiger partial charge on any atom is 0.372 e. The molecule has 0 aliphatic carbocycles. The minimum atomic E-state index is -4.03. The fraction of sp³-hybridized carbons (Fsp3) is 0.500. The molecule has 12 heteroatoms. The number of carbonyl (C=O) groups is 3. The average Bonchev–Trinajstić information content (AvgIpc) is 2.71. The summed E-state index contributed by atoms with van der Waals surface area (Å²) in [4.78, 5) is 34.5. The van der Waals surface area contributed by atoms with Gasteiger partial charge in [0.2, 0.25) is 5.91 Å². The first kappa shape index (κ1) is 23.6. The summed E-state index contributed by atoms with van der Waals surface area (Å²) < 4.78 is 33.3. The highest BCUT2D eigenvalue weighted by Gasteiger charge is 2.62. The van der Waals surface area contributed by atoms with Crippen LogP contribution in [0.25, 0.3) is 0 Å². The number of halogens is 2. The van der Waals surface area contributed by atoms with Crippen molar-refractivity contribution in [2.75, 3.05) is 6.54 Å². The molecule has 0 saturated carbocycles. The van der Waals surface area contributed by atoms with Crippen LogP contribution in [0.4, 0.5) is 8.78 Å². The minimum absolute atomic E-state index is 0.244. The molecule has 2 rings (SSSR count). The number of rotatable bonds is 7. The molecule has 0 unspecified atom stereocenters. The van der Waals surface area contributed by atoms with E-state index in [0.717, 1.165) is 6.92 Å². The lowest BCUT2D eigenvalue weighted by Gasteiger charge is -2.45. The number of aliphatic hydroxyl groups excluding tert-OH is 3. The lowest BCUT2D eigenvalue weighted by molar-refractivity contribution is -0.292. The van der Waals surface area contributed by atoms with Gasteiger partial charge in [0, 0.05) is 19.0 Å². The second kappa shape index (κ2) is 9.43. The van der Waals surface area contributed by atoms with Crippen LogP contribution in [0.3, 0.4) is 0 Å². The molecule has 1 aliphatic rings. The van der Waals surface area contributed by atoms with E-state index in [1.54, 1.807) is 18.2 Å². The number of alkyl halides is 2. The van der Waals surface area contributed by atoms with Crippen molar-refractivity contribution in [1.29, 1.82) is 0 Å². The van der Waals surface area contributed by atoms with E-state index in [1.165, 1.54) is 12.1 Å². The first-order valence-electron chi connectivity index (χ1n) is 8.87. The Morgan fingerprint density at radius 3 is 2.37 bits per heavy atom. The summed E-state index contributed by atoms with van der Waals surface area (Å²) >= 11 is 0. The molecule has 166 valence electrons. The van der Waals surface area contributed by atoms with Crippen molar-refractivity contribution >= 4 is 17.8 Å². The predicted molar refractivity (Wildman–Crippen MR) is 95.6 cm³/mol. The number of benzene rings is 1. The Labute approximate surface area is 169 Å². The quantitative estimate of drug-likeness (QED) is 0.303. The van der Waals surface area contributed by atoms with Gasteiger partial charge in [0.25, 0.3) is 5.91 Å². The molecular weight excluding hydrogens is 410 g/mol. The van der Waals surface area contributed by atoms with Crippen molar-refractivity contribution in [3.8, 4) is 0 Å². The number of aliphatic hydroxyl groups is 3. The van der Waals surface area contributed by atoms with Gasteiger partial charge >= 0.3 is 11.8 Å². The number of ether oxygens (including phenoxy) is 1. The van der Waals surface area contributed by atoms with Gasteiger partial charge in [-0.2, -0.15) is 4.39 Å². The second-order valence-electron chi connectivity index (χ2n) is 6.79. The highest BCUT2D eigenvalue weighted by atomic mass is 19.2. The number of carboxylic acids is 1. The molecule has 0 aromatic heterocycles. The minimum Gasteiger partial charge on any atom is -0.477 e. The Balaban J connectivity index is 2.17. The average molecular weight is 432 g/mol. The molecule has 6 N–H and O–H groups in total. The van der Waals surface area contributed by atoms with E-state index in [0.29, 0.717) is 0 Å². The molecular formula is C18H22F2N2O8. The van der Waals surface area contributed by atoms with Crippen molar-refractivity contribution in [3.05, 3.63) is 35.9 Å². The highest BCUT2D eigenvalue weighted by Crippen LogP contribution is 2.35. The highest BCUT2D eigenvalue weighted by molar-refractivity contribution is 5.94. The molecule has 1 fully saturated rings. The molecule has 30 heavy (non-hydrogen) atoms. The normalized spacial score (nSPS) is 30.7. The molecule has 1 saturated heterocycles. The number of hydrogen-bond donors (Lipinski definition) is 6. The second-order valence-corrected chi connectivity index (χ2v) is 6.79. The van der Waals surface area contributed by atoms with Crippen LogP contribution in [0.1, 0.15) is 17.3 Å². The lowest BCUT2D eigenvalue weighted by Crippen LogP contribution is -2.71. The van der Waals surface area contributed by atoms with Crippen LogP contribution in [-0.4, -0.2) is 87.2 Å². The molecule has 0 radical (unpaired) electrons. The van der Waals surface area contributed by atoms with Crippen molar-refractivity contribution in [3.63, 3.8) is 0 Å². The zero-order valence-corrected chi connectivity index (χ0v) is 15.7. The Kier molecular flexibility index (Phi) is 7.42. The molecule has 10 nitrogen and oxygen atoms in total. The van der Waals surface area contributed by atoms with Crippen molar-refractivity contribution in [1.82, 2.24) is 10.6 Å². The monoisotopic (exact) mass is 432 g/mol. The number of carbonyl (C=O) groups excluding carboxylic acids is 2. The Hall–Kier alpha value is -2.67. The van der Waals surface area contributed by atoms with Crippen LogP contribution < -0.4 is 10.6 Å². The summed E-state index contributed by atoms with van der Waals surface area (Å²) in [5, 5.41) is 43.8. The van der Waals surface area contributed by atoms with Crippen LogP contribution in [0.5, 0.6) is 0 Å². The predicted octanol–water partition coefficient (Wildman–Crippen LogP) is -1.51. The van der Waals surface area contributed by atoms with Crippen molar-refractivity contribution < 1.29 is 48.3 Å². The van der Waals surface area contributed by atoms with E-state index in [9.17, 15) is 38.5 Å². The van der Waals surface area contributed by atoms with Gasteiger partial charge in [-0.15, -0.1) is 0 Å². The fourth-order valence-corrected chi connectivity index (χ4v) is 3.01. The topological polar surface area (TPSA) is 165 Å². The maximum atomic E-state index is 14.5. The number of amides is 2. The van der Waals surface area contributed by atoms with Gasteiger partial charge in [-0.1, -0.05) is 18.2 Å². The van der Waals surface area contributed by atoms with Gasteiger partial charge in [-0.05, 0) is 12.1 Å². The van der Waals surface area contributed by atoms with Gasteiger partial charge in [0.1, 0.15) is 18.3 Å². The van der Waals surface area contributed by atoms with Crippen LogP contribution in [0.15, 0.2) is 30.3 Å². The van der Waals surface area contributed by atoms with Crippen LogP contribution in [-0.2, 0) is 14.3 Å². The third kappa shape index (κ3) is 4.90. The standard InChI is InChI=1S/C18H22F2N2O8/c1-8(23)22-11-13(26)15(19)18(20,17(28)29)30-14(11)12(25)10(24)7-21-16(27)9-5-3-2-4-6-9/h2-6,10-15,24-26H,7H2,1H3,(H,21,27)(H,22,23)(H,28,29)/t10-,11-,12-,13-,14-,15-,18+/m1/s1. The smallest absolute Gasteiger partial charge is 0.372 e.